The SMILES string of the molecule is CN(C)CCS/C(=N\O)C(=O)c1ccc(Cl)cc1.Cl. The molecule has 0 aliphatic rings. The van der Waals surface area contributed by atoms with Crippen molar-refractivity contribution in [3.05, 3.63) is 34.9 Å². The highest BCUT2D eigenvalue weighted by atomic mass is 35.5. The molecule has 1 rings (SSSR count). The van der Waals surface area contributed by atoms with Crippen LogP contribution in [0.15, 0.2) is 29.4 Å². The van der Waals surface area contributed by atoms with Crippen LogP contribution in [0.25, 0.3) is 0 Å². The van der Waals surface area contributed by atoms with E-state index in [1.54, 1.807) is 24.3 Å². The highest BCUT2D eigenvalue weighted by Gasteiger charge is 2.15. The summed E-state index contributed by atoms with van der Waals surface area (Å²) in [4.78, 5) is 14.0. The van der Waals surface area contributed by atoms with Crippen molar-refractivity contribution in [3.63, 3.8) is 0 Å². The second-order valence-corrected chi connectivity index (χ2v) is 5.41. The quantitative estimate of drug-likeness (QED) is 0.297. The topological polar surface area (TPSA) is 52.9 Å². The van der Waals surface area contributed by atoms with Crippen molar-refractivity contribution in [1.82, 2.24) is 4.90 Å². The molecule has 0 saturated heterocycles. The first-order valence-electron chi connectivity index (χ1n) is 5.34. The first-order chi connectivity index (χ1) is 8.54. The van der Waals surface area contributed by atoms with E-state index in [9.17, 15) is 4.79 Å². The lowest BCUT2D eigenvalue weighted by Crippen LogP contribution is -2.18. The Bertz CT molecular complexity index is 436. The predicted octanol–water partition coefficient (Wildman–Crippen LogP) is 3.03. The zero-order valence-electron chi connectivity index (χ0n) is 10.7. The Morgan fingerprint density at radius 3 is 2.42 bits per heavy atom. The maximum Gasteiger partial charge on any atom is 0.221 e. The lowest BCUT2D eigenvalue weighted by atomic mass is 10.1. The van der Waals surface area contributed by atoms with E-state index in [0.29, 0.717) is 16.3 Å². The van der Waals surface area contributed by atoms with Crippen molar-refractivity contribution in [2.45, 2.75) is 0 Å². The van der Waals surface area contributed by atoms with Gasteiger partial charge in [-0.3, -0.25) is 4.79 Å². The fourth-order valence-electron chi connectivity index (χ4n) is 1.19. The number of hydrogen-bond donors (Lipinski definition) is 1. The number of rotatable bonds is 5. The summed E-state index contributed by atoms with van der Waals surface area (Å²) >= 11 is 6.98. The summed E-state index contributed by atoms with van der Waals surface area (Å²) in [6.07, 6.45) is 0. The van der Waals surface area contributed by atoms with Gasteiger partial charge in [-0.05, 0) is 38.4 Å². The Morgan fingerprint density at radius 1 is 1.37 bits per heavy atom. The van der Waals surface area contributed by atoms with E-state index in [0.717, 1.165) is 6.54 Å². The highest BCUT2D eigenvalue weighted by molar-refractivity contribution is 8.15. The molecule has 0 radical (unpaired) electrons. The normalized spacial score (nSPS) is 11.3. The zero-order valence-corrected chi connectivity index (χ0v) is 13.1. The van der Waals surface area contributed by atoms with E-state index in [-0.39, 0.29) is 23.2 Å². The molecular formula is C12H16Cl2N2O2S. The number of ketones is 1. The van der Waals surface area contributed by atoms with E-state index < -0.39 is 0 Å². The third kappa shape index (κ3) is 6.29. The van der Waals surface area contributed by atoms with E-state index in [4.69, 9.17) is 16.8 Å². The molecule has 1 aromatic rings. The van der Waals surface area contributed by atoms with E-state index >= 15 is 0 Å². The van der Waals surface area contributed by atoms with Gasteiger partial charge in [0.25, 0.3) is 0 Å². The Kier molecular flexibility index (Phi) is 8.84. The number of nitrogens with zero attached hydrogens (tertiary/aromatic N) is 2. The molecule has 0 heterocycles. The summed E-state index contributed by atoms with van der Waals surface area (Å²) in [6.45, 7) is 0.803. The van der Waals surface area contributed by atoms with Gasteiger partial charge in [-0.15, -0.1) is 12.4 Å². The van der Waals surface area contributed by atoms with E-state index in [1.165, 1.54) is 11.8 Å². The van der Waals surface area contributed by atoms with E-state index in [1.807, 2.05) is 19.0 Å². The lowest BCUT2D eigenvalue weighted by Gasteiger charge is -2.08. The van der Waals surface area contributed by atoms with Crippen LogP contribution in [0.3, 0.4) is 0 Å². The number of benzene rings is 1. The van der Waals surface area contributed by atoms with Gasteiger partial charge in [-0.2, -0.15) is 0 Å². The van der Waals surface area contributed by atoms with Crippen LogP contribution in [0.4, 0.5) is 0 Å². The first-order valence-corrected chi connectivity index (χ1v) is 6.71. The first kappa shape index (κ1) is 18.2. The average molecular weight is 323 g/mol. The Balaban J connectivity index is 0.00000324. The molecule has 0 aromatic heterocycles. The van der Waals surface area contributed by atoms with Gasteiger partial charge in [0, 0.05) is 22.9 Å². The van der Waals surface area contributed by atoms with Crippen LogP contribution < -0.4 is 0 Å². The summed E-state index contributed by atoms with van der Waals surface area (Å²) in [7, 11) is 3.88. The van der Waals surface area contributed by atoms with Crippen molar-refractivity contribution in [2.24, 2.45) is 5.16 Å². The van der Waals surface area contributed by atoms with Crippen LogP contribution in [0.5, 0.6) is 0 Å². The predicted molar refractivity (Wildman–Crippen MR) is 83.3 cm³/mol. The number of carbonyl (C=O) groups excluding carboxylic acids is 1. The van der Waals surface area contributed by atoms with Gasteiger partial charge in [0.2, 0.25) is 5.78 Å². The Morgan fingerprint density at radius 2 is 1.95 bits per heavy atom. The molecule has 0 unspecified atom stereocenters. The summed E-state index contributed by atoms with van der Waals surface area (Å²) in [5.74, 6) is 0.393. The summed E-state index contributed by atoms with van der Waals surface area (Å²) in [5.41, 5.74) is 0.463. The van der Waals surface area contributed by atoms with Crippen LogP contribution in [-0.4, -0.2) is 47.3 Å². The van der Waals surface area contributed by atoms with Crippen LogP contribution in [0.2, 0.25) is 5.02 Å². The van der Waals surface area contributed by atoms with Crippen LogP contribution in [0, 0.1) is 0 Å². The van der Waals surface area contributed by atoms with Gasteiger partial charge in [-0.1, -0.05) is 28.5 Å². The molecule has 7 heteroatoms. The van der Waals surface area contributed by atoms with Crippen LogP contribution in [-0.2, 0) is 0 Å². The Labute approximate surface area is 128 Å². The van der Waals surface area contributed by atoms with Gasteiger partial charge >= 0.3 is 0 Å². The zero-order chi connectivity index (χ0) is 13.5. The molecule has 106 valence electrons. The molecule has 0 spiro atoms. The van der Waals surface area contributed by atoms with Crippen molar-refractivity contribution in [1.29, 1.82) is 0 Å². The van der Waals surface area contributed by atoms with Crippen LogP contribution >= 0.6 is 35.8 Å². The summed E-state index contributed by atoms with van der Waals surface area (Å²) in [5, 5.41) is 12.6. The monoisotopic (exact) mass is 322 g/mol. The maximum absolute atomic E-state index is 12.0. The molecule has 0 aliphatic carbocycles. The van der Waals surface area contributed by atoms with E-state index in [2.05, 4.69) is 5.16 Å². The number of hydrogen-bond acceptors (Lipinski definition) is 5. The molecule has 0 atom stereocenters. The second kappa shape index (κ2) is 9.20. The summed E-state index contributed by atoms with van der Waals surface area (Å²) in [6, 6.07) is 6.49. The minimum atomic E-state index is -0.294. The third-order valence-corrected chi connectivity index (χ3v) is 3.35. The minimum absolute atomic E-state index is 0. The van der Waals surface area contributed by atoms with Gasteiger partial charge < -0.3 is 10.1 Å². The second-order valence-electron chi connectivity index (χ2n) is 3.89. The van der Waals surface area contributed by atoms with Gasteiger partial charge in [0.15, 0.2) is 5.04 Å². The highest BCUT2D eigenvalue weighted by Crippen LogP contribution is 2.14. The maximum atomic E-state index is 12.0. The molecule has 0 saturated carbocycles. The molecule has 0 amide bonds. The van der Waals surface area contributed by atoms with Crippen molar-refractivity contribution in [2.75, 3.05) is 26.4 Å². The molecule has 0 bridgehead atoms. The fraction of sp³-hybridized carbons (Fsp3) is 0.333. The van der Waals surface area contributed by atoms with Gasteiger partial charge in [0.05, 0.1) is 0 Å². The summed E-state index contributed by atoms with van der Waals surface area (Å²) < 4.78 is 0. The molecule has 19 heavy (non-hydrogen) atoms. The molecule has 0 fully saturated rings. The lowest BCUT2D eigenvalue weighted by molar-refractivity contribution is 0.106. The van der Waals surface area contributed by atoms with Crippen molar-refractivity contribution >= 4 is 46.6 Å². The molecule has 1 aromatic carbocycles. The molecule has 0 aliphatic heterocycles. The molecule has 1 N–H and O–H groups in total. The molecular weight excluding hydrogens is 307 g/mol. The fourth-order valence-corrected chi connectivity index (χ4v) is 2.27. The average Bonchev–Trinajstić information content (AvgIpc) is 2.34. The number of thioether (sulfide) groups is 1. The minimum Gasteiger partial charge on any atom is -0.410 e. The third-order valence-electron chi connectivity index (χ3n) is 2.17. The van der Waals surface area contributed by atoms with Crippen molar-refractivity contribution < 1.29 is 10.0 Å². The van der Waals surface area contributed by atoms with Crippen molar-refractivity contribution in [3.8, 4) is 0 Å². The van der Waals surface area contributed by atoms with Gasteiger partial charge in [-0.25, -0.2) is 0 Å². The van der Waals surface area contributed by atoms with Gasteiger partial charge in [0.1, 0.15) is 0 Å². The standard InChI is InChI=1S/C12H15ClN2O2S.ClH/c1-15(2)7-8-18-12(14-17)11(16)9-3-5-10(13)6-4-9;/h3-6,17H,7-8H2,1-2H3;1H/b14-12-;. The molecule has 4 nitrogen and oxygen atoms in total. The Hall–Kier alpha value is -0.750. The number of halogens is 2. The largest absolute Gasteiger partial charge is 0.410 e. The van der Waals surface area contributed by atoms with Crippen LogP contribution in [0.1, 0.15) is 10.4 Å². The smallest absolute Gasteiger partial charge is 0.221 e. The number of carbonyl (C=O) groups is 1. The number of Topliss-reactive ketones (excluding diaryl/α,β-unsaturated/α-hetero) is 1. The number of oxime groups is 1.